The van der Waals surface area contributed by atoms with Crippen LogP contribution in [0.4, 0.5) is 5.82 Å². The standard InChI is InChI=1S/C11H16BrN3OS/c1-8(13)4-5-17-7-11(16)15-10-3-2-9(12)6-14-10/h2-3,6,8H,4-5,7,13H2,1H3,(H,14,15,16). The van der Waals surface area contributed by atoms with Gasteiger partial charge in [0.1, 0.15) is 5.82 Å². The van der Waals surface area contributed by atoms with Crippen molar-refractivity contribution in [2.45, 2.75) is 19.4 Å². The maximum absolute atomic E-state index is 11.5. The number of nitrogens with two attached hydrogens (primary N) is 1. The van der Waals surface area contributed by atoms with Crippen molar-refractivity contribution in [2.24, 2.45) is 5.73 Å². The molecule has 4 nitrogen and oxygen atoms in total. The molecule has 0 bridgehead atoms. The highest BCUT2D eigenvalue weighted by Gasteiger charge is 2.03. The summed E-state index contributed by atoms with van der Waals surface area (Å²) in [5.74, 6) is 1.88. The predicted octanol–water partition coefficient (Wildman–Crippen LogP) is 2.25. The van der Waals surface area contributed by atoms with E-state index in [0.717, 1.165) is 16.6 Å². The molecule has 0 radical (unpaired) electrons. The van der Waals surface area contributed by atoms with Gasteiger partial charge in [-0.2, -0.15) is 11.8 Å². The first kappa shape index (κ1) is 14.5. The van der Waals surface area contributed by atoms with Crippen molar-refractivity contribution in [3.8, 4) is 0 Å². The Morgan fingerprint density at radius 1 is 1.65 bits per heavy atom. The molecule has 17 heavy (non-hydrogen) atoms. The van der Waals surface area contributed by atoms with E-state index in [4.69, 9.17) is 5.73 Å². The molecule has 0 aliphatic rings. The van der Waals surface area contributed by atoms with Crippen molar-refractivity contribution in [3.05, 3.63) is 22.8 Å². The number of thioether (sulfide) groups is 1. The van der Waals surface area contributed by atoms with Crippen LogP contribution in [0.3, 0.4) is 0 Å². The average Bonchev–Trinajstić information content (AvgIpc) is 2.27. The summed E-state index contributed by atoms with van der Waals surface area (Å²) in [6.45, 7) is 1.96. The minimum Gasteiger partial charge on any atom is -0.328 e. The Kier molecular flexibility index (Phi) is 6.54. The summed E-state index contributed by atoms with van der Waals surface area (Å²) in [4.78, 5) is 15.6. The Hall–Kier alpha value is -0.590. The second-order valence-corrected chi connectivity index (χ2v) is 5.75. The maximum atomic E-state index is 11.5. The topological polar surface area (TPSA) is 68.0 Å². The van der Waals surface area contributed by atoms with E-state index in [0.29, 0.717) is 11.6 Å². The van der Waals surface area contributed by atoms with Gasteiger partial charge in [0.2, 0.25) is 5.91 Å². The number of anilines is 1. The van der Waals surface area contributed by atoms with Crippen LogP contribution in [-0.4, -0.2) is 28.4 Å². The van der Waals surface area contributed by atoms with E-state index in [1.165, 1.54) is 0 Å². The zero-order valence-electron chi connectivity index (χ0n) is 9.65. The third kappa shape index (κ3) is 6.65. The van der Waals surface area contributed by atoms with E-state index >= 15 is 0 Å². The number of amides is 1. The summed E-state index contributed by atoms with van der Waals surface area (Å²) in [5, 5.41) is 2.73. The van der Waals surface area contributed by atoms with Gasteiger partial charge in [0.15, 0.2) is 0 Å². The van der Waals surface area contributed by atoms with Gasteiger partial charge in [0.25, 0.3) is 0 Å². The van der Waals surface area contributed by atoms with Crippen LogP contribution in [0.1, 0.15) is 13.3 Å². The Morgan fingerprint density at radius 2 is 2.41 bits per heavy atom. The lowest BCUT2D eigenvalue weighted by Crippen LogP contribution is -2.18. The molecule has 1 unspecified atom stereocenters. The molecule has 1 rings (SSSR count). The number of aromatic nitrogens is 1. The maximum Gasteiger partial charge on any atom is 0.235 e. The van der Waals surface area contributed by atoms with Crippen LogP contribution in [0.25, 0.3) is 0 Å². The van der Waals surface area contributed by atoms with Crippen LogP contribution in [0.5, 0.6) is 0 Å². The zero-order valence-corrected chi connectivity index (χ0v) is 12.1. The lowest BCUT2D eigenvalue weighted by molar-refractivity contribution is -0.113. The molecule has 0 spiro atoms. The van der Waals surface area contributed by atoms with Gasteiger partial charge in [-0.25, -0.2) is 4.98 Å². The fraction of sp³-hybridized carbons (Fsp3) is 0.455. The number of hydrogen-bond donors (Lipinski definition) is 2. The first-order valence-corrected chi connectivity index (χ1v) is 7.27. The largest absolute Gasteiger partial charge is 0.328 e. The van der Waals surface area contributed by atoms with E-state index in [2.05, 4.69) is 26.2 Å². The smallest absolute Gasteiger partial charge is 0.235 e. The second-order valence-electron chi connectivity index (χ2n) is 3.73. The number of rotatable bonds is 6. The Bertz CT molecular complexity index is 356. The summed E-state index contributed by atoms with van der Waals surface area (Å²) in [6.07, 6.45) is 2.58. The number of carbonyl (C=O) groups excluding carboxylic acids is 1. The summed E-state index contributed by atoms with van der Waals surface area (Å²) in [6, 6.07) is 3.79. The summed E-state index contributed by atoms with van der Waals surface area (Å²) in [7, 11) is 0. The van der Waals surface area contributed by atoms with Gasteiger partial charge in [0.05, 0.1) is 5.75 Å². The van der Waals surface area contributed by atoms with Crippen LogP contribution < -0.4 is 11.1 Å². The molecule has 0 saturated carbocycles. The van der Waals surface area contributed by atoms with Crippen molar-refractivity contribution in [1.29, 1.82) is 0 Å². The molecule has 1 amide bonds. The van der Waals surface area contributed by atoms with Gasteiger partial charge >= 0.3 is 0 Å². The first-order valence-electron chi connectivity index (χ1n) is 5.32. The number of halogens is 1. The third-order valence-corrected chi connectivity index (χ3v) is 3.41. The van der Waals surface area contributed by atoms with Gasteiger partial charge in [0, 0.05) is 16.7 Å². The molecule has 1 aromatic heterocycles. The highest BCUT2D eigenvalue weighted by molar-refractivity contribution is 9.10. The van der Waals surface area contributed by atoms with E-state index < -0.39 is 0 Å². The molecule has 6 heteroatoms. The summed E-state index contributed by atoms with van der Waals surface area (Å²) < 4.78 is 0.891. The molecule has 1 aromatic rings. The molecule has 0 saturated heterocycles. The number of carbonyl (C=O) groups is 1. The SMILES string of the molecule is CC(N)CCSCC(=O)Nc1ccc(Br)cn1. The van der Waals surface area contributed by atoms with Crippen LogP contribution in [0, 0.1) is 0 Å². The Balaban J connectivity index is 2.23. The highest BCUT2D eigenvalue weighted by Crippen LogP contribution is 2.11. The number of nitrogens with zero attached hydrogens (tertiary/aromatic N) is 1. The van der Waals surface area contributed by atoms with Crippen molar-refractivity contribution in [1.82, 2.24) is 4.98 Å². The van der Waals surface area contributed by atoms with Gasteiger partial charge in [-0.15, -0.1) is 0 Å². The van der Waals surface area contributed by atoms with Crippen molar-refractivity contribution < 1.29 is 4.79 Å². The van der Waals surface area contributed by atoms with Crippen molar-refractivity contribution in [3.63, 3.8) is 0 Å². The zero-order chi connectivity index (χ0) is 12.7. The van der Waals surface area contributed by atoms with Crippen LogP contribution in [-0.2, 0) is 4.79 Å². The van der Waals surface area contributed by atoms with Gasteiger partial charge < -0.3 is 11.1 Å². The van der Waals surface area contributed by atoms with Crippen molar-refractivity contribution >= 4 is 39.4 Å². The lowest BCUT2D eigenvalue weighted by atomic mass is 10.3. The molecular weight excluding hydrogens is 302 g/mol. The third-order valence-electron chi connectivity index (χ3n) is 1.95. The minimum atomic E-state index is -0.0329. The second kappa shape index (κ2) is 7.68. The Morgan fingerprint density at radius 3 is 3.00 bits per heavy atom. The molecule has 3 N–H and O–H groups in total. The molecule has 1 atom stereocenters. The van der Waals surface area contributed by atoms with E-state index in [-0.39, 0.29) is 11.9 Å². The van der Waals surface area contributed by atoms with Crippen LogP contribution >= 0.6 is 27.7 Å². The molecular formula is C11H16BrN3OS. The molecule has 0 aromatic carbocycles. The Labute approximate surface area is 114 Å². The first-order chi connectivity index (χ1) is 8.08. The van der Waals surface area contributed by atoms with Gasteiger partial charge in [-0.05, 0) is 47.2 Å². The fourth-order valence-electron chi connectivity index (χ4n) is 1.06. The fourth-order valence-corrected chi connectivity index (χ4v) is 2.24. The highest BCUT2D eigenvalue weighted by atomic mass is 79.9. The normalized spacial score (nSPS) is 12.2. The number of pyridine rings is 1. The lowest BCUT2D eigenvalue weighted by Gasteiger charge is -2.05. The minimum absolute atomic E-state index is 0.0329. The van der Waals surface area contributed by atoms with Crippen molar-refractivity contribution in [2.75, 3.05) is 16.8 Å². The average molecular weight is 318 g/mol. The monoisotopic (exact) mass is 317 g/mol. The van der Waals surface area contributed by atoms with E-state index in [9.17, 15) is 4.79 Å². The summed E-state index contributed by atoms with van der Waals surface area (Å²) >= 11 is 4.87. The number of hydrogen-bond acceptors (Lipinski definition) is 4. The molecule has 0 aliphatic heterocycles. The predicted molar refractivity (Wildman–Crippen MR) is 76.2 cm³/mol. The van der Waals surface area contributed by atoms with Crippen LogP contribution in [0.2, 0.25) is 0 Å². The summed E-state index contributed by atoms with van der Waals surface area (Å²) in [5.41, 5.74) is 5.62. The molecule has 1 heterocycles. The number of nitrogens with one attached hydrogen (secondary N) is 1. The van der Waals surface area contributed by atoms with E-state index in [1.54, 1.807) is 24.0 Å². The molecule has 0 fully saturated rings. The molecule has 0 aliphatic carbocycles. The van der Waals surface area contributed by atoms with Gasteiger partial charge in [-0.3, -0.25) is 4.79 Å². The van der Waals surface area contributed by atoms with E-state index in [1.807, 2.05) is 13.0 Å². The van der Waals surface area contributed by atoms with Crippen LogP contribution in [0.15, 0.2) is 22.8 Å². The van der Waals surface area contributed by atoms with Gasteiger partial charge in [-0.1, -0.05) is 0 Å². The molecule has 94 valence electrons. The quantitative estimate of drug-likeness (QED) is 0.790.